The third-order valence-electron chi connectivity index (χ3n) is 3.96. The van der Waals surface area contributed by atoms with Crippen LogP contribution in [-0.4, -0.2) is 10.9 Å². The van der Waals surface area contributed by atoms with Gasteiger partial charge in [-0.15, -0.1) is 11.3 Å². The number of amides is 1. The highest BCUT2D eigenvalue weighted by atomic mass is 32.1. The van der Waals surface area contributed by atoms with Crippen LogP contribution in [0, 0.1) is 0 Å². The second kappa shape index (κ2) is 7.41. The molecule has 1 aromatic carbocycles. The van der Waals surface area contributed by atoms with Crippen molar-refractivity contribution in [1.82, 2.24) is 10.3 Å². The summed E-state index contributed by atoms with van der Waals surface area (Å²) < 4.78 is 0. The van der Waals surface area contributed by atoms with E-state index in [1.807, 2.05) is 11.4 Å². The third-order valence-corrected chi connectivity index (χ3v) is 4.90. The van der Waals surface area contributed by atoms with Crippen molar-refractivity contribution in [2.24, 2.45) is 0 Å². The Morgan fingerprint density at radius 1 is 1.04 bits per heavy atom. The molecule has 1 unspecified atom stereocenters. The van der Waals surface area contributed by atoms with E-state index in [-0.39, 0.29) is 11.9 Å². The molecule has 122 valence electrons. The monoisotopic (exact) mass is 336 g/mol. The molecule has 24 heavy (non-hydrogen) atoms. The minimum Gasteiger partial charge on any atom is -0.340 e. The van der Waals surface area contributed by atoms with Crippen molar-refractivity contribution in [1.29, 1.82) is 0 Å². The number of nitrogens with one attached hydrogen (secondary N) is 1. The first-order valence-electron chi connectivity index (χ1n) is 7.99. The summed E-state index contributed by atoms with van der Waals surface area (Å²) >= 11 is 1.64. The maximum Gasteiger partial charge on any atom is 0.253 e. The molecule has 1 N–H and O–H groups in total. The highest BCUT2D eigenvalue weighted by Gasteiger charge is 2.19. The van der Waals surface area contributed by atoms with Crippen molar-refractivity contribution < 1.29 is 4.79 Å². The molecule has 3 rings (SSSR count). The molecule has 4 heteroatoms. The minimum absolute atomic E-state index is 0.116. The summed E-state index contributed by atoms with van der Waals surface area (Å²) in [5, 5.41) is 5.16. The van der Waals surface area contributed by atoms with Gasteiger partial charge in [0.1, 0.15) is 0 Å². The van der Waals surface area contributed by atoms with Crippen molar-refractivity contribution in [3.63, 3.8) is 0 Å². The Labute approximate surface area is 146 Å². The Morgan fingerprint density at radius 2 is 1.79 bits per heavy atom. The molecular formula is C20H20N2OS. The van der Waals surface area contributed by atoms with Gasteiger partial charge in [-0.2, -0.15) is 0 Å². The molecular weight excluding hydrogens is 316 g/mol. The SMILES string of the molecule is CC(C)c1ccc(C(NC(=O)c2cccnc2)c2cccs2)cc1. The van der Waals surface area contributed by atoms with Crippen LogP contribution in [0.2, 0.25) is 0 Å². The van der Waals surface area contributed by atoms with Gasteiger partial charge in [0.15, 0.2) is 0 Å². The number of aromatic nitrogens is 1. The largest absolute Gasteiger partial charge is 0.340 e. The van der Waals surface area contributed by atoms with Crippen molar-refractivity contribution in [2.75, 3.05) is 0 Å². The molecule has 0 aliphatic carbocycles. The van der Waals surface area contributed by atoms with Crippen LogP contribution in [0.4, 0.5) is 0 Å². The number of hydrogen-bond acceptors (Lipinski definition) is 3. The predicted octanol–water partition coefficient (Wildman–Crippen LogP) is 4.79. The summed E-state index contributed by atoms with van der Waals surface area (Å²) in [4.78, 5) is 17.7. The van der Waals surface area contributed by atoms with Crippen LogP contribution in [0.3, 0.4) is 0 Å². The fourth-order valence-electron chi connectivity index (χ4n) is 2.56. The average molecular weight is 336 g/mol. The summed E-state index contributed by atoms with van der Waals surface area (Å²) in [5.74, 6) is 0.374. The van der Waals surface area contributed by atoms with Crippen LogP contribution in [0.5, 0.6) is 0 Å². The van der Waals surface area contributed by atoms with Crippen LogP contribution in [-0.2, 0) is 0 Å². The summed E-state index contributed by atoms with van der Waals surface area (Å²) in [7, 11) is 0. The Hall–Kier alpha value is -2.46. The maximum absolute atomic E-state index is 12.6. The van der Waals surface area contributed by atoms with Crippen molar-refractivity contribution >= 4 is 17.2 Å². The van der Waals surface area contributed by atoms with E-state index in [1.165, 1.54) is 5.56 Å². The number of thiophene rings is 1. The van der Waals surface area contributed by atoms with Gasteiger partial charge in [-0.3, -0.25) is 9.78 Å². The van der Waals surface area contributed by atoms with Gasteiger partial charge in [-0.05, 0) is 40.6 Å². The van der Waals surface area contributed by atoms with Crippen LogP contribution >= 0.6 is 11.3 Å². The van der Waals surface area contributed by atoms with Gasteiger partial charge >= 0.3 is 0 Å². The molecule has 0 saturated heterocycles. The molecule has 3 aromatic rings. The quantitative estimate of drug-likeness (QED) is 0.728. The molecule has 0 fully saturated rings. The zero-order valence-electron chi connectivity index (χ0n) is 13.8. The van der Waals surface area contributed by atoms with Gasteiger partial charge in [0.25, 0.3) is 5.91 Å². The van der Waals surface area contributed by atoms with E-state index in [1.54, 1.807) is 35.9 Å². The van der Waals surface area contributed by atoms with E-state index >= 15 is 0 Å². The molecule has 0 aliphatic rings. The van der Waals surface area contributed by atoms with Gasteiger partial charge in [-0.1, -0.05) is 44.2 Å². The molecule has 0 spiro atoms. The van der Waals surface area contributed by atoms with Gasteiger partial charge in [0.2, 0.25) is 0 Å². The first kappa shape index (κ1) is 16.4. The van der Waals surface area contributed by atoms with Crippen LogP contribution in [0.15, 0.2) is 66.3 Å². The lowest BCUT2D eigenvalue weighted by molar-refractivity contribution is 0.0943. The highest BCUT2D eigenvalue weighted by molar-refractivity contribution is 7.10. The lowest BCUT2D eigenvalue weighted by Gasteiger charge is -2.19. The molecule has 0 aliphatic heterocycles. The molecule has 0 saturated carbocycles. The number of benzene rings is 1. The standard InChI is InChI=1S/C20H20N2OS/c1-14(2)15-7-9-16(10-8-15)19(18-6-4-12-24-18)22-20(23)17-5-3-11-21-13-17/h3-14,19H,1-2H3,(H,22,23). The third kappa shape index (κ3) is 3.71. The normalized spacial score (nSPS) is 12.1. The van der Waals surface area contributed by atoms with E-state index in [4.69, 9.17) is 0 Å². The smallest absolute Gasteiger partial charge is 0.253 e. The van der Waals surface area contributed by atoms with Crippen molar-refractivity contribution in [3.8, 4) is 0 Å². The van der Waals surface area contributed by atoms with Crippen LogP contribution in [0.1, 0.15) is 52.2 Å². The van der Waals surface area contributed by atoms with Gasteiger partial charge in [-0.25, -0.2) is 0 Å². The minimum atomic E-state index is -0.154. The Balaban J connectivity index is 1.88. The topological polar surface area (TPSA) is 42.0 Å². The van der Waals surface area contributed by atoms with Crippen molar-refractivity contribution in [2.45, 2.75) is 25.8 Å². The zero-order chi connectivity index (χ0) is 16.9. The Morgan fingerprint density at radius 3 is 2.38 bits per heavy atom. The summed E-state index contributed by atoms with van der Waals surface area (Å²) in [6.45, 7) is 4.35. The second-order valence-corrected chi connectivity index (χ2v) is 6.96. The van der Waals surface area contributed by atoms with E-state index in [2.05, 4.69) is 54.5 Å². The second-order valence-electron chi connectivity index (χ2n) is 5.98. The van der Waals surface area contributed by atoms with E-state index in [0.717, 1.165) is 10.4 Å². The lowest BCUT2D eigenvalue weighted by atomic mass is 9.98. The predicted molar refractivity (Wildman–Crippen MR) is 98.4 cm³/mol. The summed E-state index contributed by atoms with van der Waals surface area (Å²) in [6.07, 6.45) is 3.25. The van der Waals surface area contributed by atoms with Gasteiger partial charge in [0, 0.05) is 17.3 Å². The van der Waals surface area contributed by atoms with Crippen LogP contribution in [0.25, 0.3) is 0 Å². The van der Waals surface area contributed by atoms with Gasteiger partial charge < -0.3 is 5.32 Å². The number of hydrogen-bond donors (Lipinski definition) is 1. The average Bonchev–Trinajstić information content (AvgIpc) is 3.14. The number of rotatable bonds is 5. The lowest BCUT2D eigenvalue weighted by Crippen LogP contribution is -2.28. The summed E-state index contributed by atoms with van der Waals surface area (Å²) in [6, 6.07) is 15.9. The Bertz CT molecular complexity index is 780. The summed E-state index contributed by atoms with van der Waals surface area (Å²) in [5.41, 5.74) is 2.94. The molecule has 1 amide bonds. The fraction of sp³-hybridized carbons (Fsp3) is 0.200. The zero-order valence-corrected chi connectivity index (χ0v) is 14.6. The van der Waals surface area contributed by atoms with E-state index < -0.39 is 0 Å². The fourth-order valence-corrected chi connectivity index (χ4v) is 3.36. The number of carbonyl (C=O) groups excluding carboxylic acids is 1. The molecule has 0 radical (unpaired) electrons. The molecule has 2 heterocycles. The molecule has 0 bridgehead atoms. The molecule has 3 nitrogen and oxygen atoms in total. The maximum atomic E-state index is 12.6. The van der Waals surface area contributed by atoms with Crippen LogP contribution < -0.4 is 5.32 Å². The molecule has 1 atom stereocenters. The number of nitrogens with zero attached hydrogens (tertiary/aromatic N) is 1. The highest BCUT2D eigenvalue weighted by Crippen LogP contribution is 2.27. The first-order chi connectivity index (χ1) is 11.6. The van der Waals surface area contributed by atoms with Crippen molar-refractivity contribution in [3.05, 3.63) is 87.9 Å². The molecule has 2 aromatic heterocycles. The van der Waals surface area contributed by atoms with E-state index in [9.17, 15) is 4.79 Å². The Kier molecular flexibility index (Phi) is 5.06. The number of pyridine rings is 1. The van der Waals surface area contributed by atoms with E-state index in [0.29, 0.717) is 11.5 Å². The number of carbonyl (C=O) groups is 1. The first-order valence-corrected chi connectivity index (χ1v) is 8.87. The van der Waals surface area contributed by atoms with Gasteiger partial charge in [0.05, 0.1) is 11.6 Å².